The third kappa shape index (κ3) is 3.70. The fraction of sp³-hybridized carbons (Fsp3) is 0.700. The number of amides is 3. The van der Waals surface area contributed by atoms with Crippen LogP contribution in [0, 0.1) is 0 Å². The van der Waals surface area contributed by atoms with Crippen LogP contribution in [0.5, 0.6) is 0 Å². The largest absolute Gasteiger partial charge is 0.358 e. The number of piperazine rings is 1. The average Bonchev–Trinajstić information content (AvgIpc) is 2.37. The van der Waals surface area contributed by atoms with Gasteiger partial charge >= 0.3 is 11.8 Å². The van der Waals surface area contributed by atoms with Gasteiger partial charge in [0, 0.05) is 40.3 Å². The van der Waals surface area contributed by atoms with E-state index in [-0.39, 0.29) is 12.5 Å². The maximum absolute atomic E-state index is 11.8. The van der Waals surface area contributed by atoms with Crippen LogP contribution >= 0.6 is 0 Å². The Hall–Kier alpha value is -1.63. The van der Waals surface area contributed by atoms with Gasteiger partial charge < -0.3 is 20.4 Å². The summed E-state index contributed by atoms with van der Waals surface area (Å²) in [6.45, 7) is 2.33. The van der Waals surface area contributed by atoms with E-state index in [2.05, 4.69) is 10.6 Å². The van der Waals surface area contributed by atoms with Gasteiger partial charge in [0.2, 0.25) is 5.91 Å². The highest BCUT2D eigenvalue weighted by Gasteiger charge is 2.26. The molecule has 0 radical (unpaired) electrons. The van der Waals surface area contributed by atoms with E-state index in [1.807, 2.05) is 0 Å². The predicted octanol–water partition coefficient (Wildman–Crippen LogP) is -2.38. The van der Waals surface area contributed by atoms with E-state index < -0.39 is 11.8 Å². The van der Waals surface area contributed by atoms with Gasteiger partial charge in [0.1, 0.15) is 0 Å². The lowest BCUT2D eigenvalue weighted by Crippen LogP contribution is -2.52. The first kappa shape index (κ1) is 13.4. The fourth-order valence-corrected chi connectivity index (χ4v) is 1.53. The highest BCUT2D eigenvalue weighted by atomic mass is 16.2. The van der Waals surface area contributed by atoms with E-state index >= 15 is 0 Å². The molecule has 7 heteroatoms. The van der Waals surface area contributed by atoms with E-state index in [4.69, 9.17) is 0 Å². The molecule has 1 fully saturated rings. The molecule has 0 spiro atoms. The molecule has 0 aliphatic carbocycles. The van der Waals surface area contributed by atoms with Crippen molar-refractivity contribution in [3.05, 3.63) is 0 Å². The zero-order chi connectivity index (χ0) is 12.8. The Kier molecular flexibility index (Phi) is 4.89. The molecule has 1 aliphatic rings. The standard InChI is InChI=1S/C10H18N4O3/c1-11-8(15)7-13(2)9(16)10(17)14-5-3-12-4-6-14/h12H,3-7H2,1-2H3,(H,11,15). The van der Waals surface area contributed by atoms with Crippen molar-refractivity contribution in [2.75, 3.05) is 46.8 Å². The molecule has 0 bridgehead atoms. The minimum absolute atomic E-state index is 0.104. The van der Waals surface area contributed by atoms with Crippen molar-refractivity contribution < 1.29 is 14.4 Å². The molecule has 0 aromatic heterocycles. The monoisotopic (exact) mass is 242 g/mol. The summed E-state index contributed by atoms with van der Waals surface area (Å²) >= 11 is 0. The Morgan fingerprint density at radius 3 is 2.41 bits per heavy atom. The molecular formula is C10H18N4O3. The minimum Gasteiger partial charge on any atom is -0.358 e. The summed E-state index contributed by atoms with van der Waals surface area (Å²) in [6.07, 6.45) is 0. The summed E-state index contributed by atoms with van der Waals surface area (Å²) in [5, 5.41) is 5.50. The van der Waals surface area contributed by atoms with Crippen molar-refractivity contribution in [3.63, 3.8) is 0 Å². The van der Waals surface area contributed by atoms with Gasteiger partial charge in [-0.2, -0.15) is 0 Å². The summed E-state index contributed by atoms with van der Waals surface area (Å²) < 4.78 is 0. The number of hydrogen-bond donors (Lipinski definition) is 2. The number of rotatable bonds is 2. The fourth-order valence-electron chi connectivity index (χ4n) is 1.53. The molecule has 0 unspecified atom stereocenters. The molecule has 7 nitrogen and oxygen atoms in total. The number of hydrogen-bond acceptors (Lipinski definition) is 4. The number of carbonyl (C=O) groups is 3. The van der Waals surface area contributed by atoms with Gasteiger partial charge in [0.15, 0.2) is 0 Å². The second-order valence-electron chi connectivity index (χ2n) is 3.88. The Morgan fingerprint density at radius 2 is 1.88 bits per heavy atom. The highest BCUT2D eigenvalue weighted by molar-refractivity contribution is 6.35. The molecule has 96 valence electrons. The molecule has 0 aromatic carbocycles. The van der Waals surface area contributed by atoms with Crippen LogP contribution in [-0.4, -0.2) is 74.3 Å². The Morgan fingerprint density at radius 1 is 1.29 bits per heavy atom. The number of likely N-dealkylation sites (N-methyl/N-ethyl adjacent to an activating group) is 2. The summed E-state index contributed by atoms with van der Waals surface area (Å²) in [4.78, 5) is 37.2. The summed E-state index contributed by atoms with van der Waals surface area (Å²) in [7, 11) is 2.93. The van der Waals surface area contributed by atoms with Crippen LogP contribution < -0.4 is 10.6 Å². The lowest BCUT2D eigenvalue weighted by atomic mass is 10.3. The maximum atomic E-state index is 11.8. The molecule has 3 amide bonds. The van der Waals surface area contributed by atoms with Crippen LogP contribution in [0.1, 0.15) is 0 Å². The zero-order valence-electron chi connectivity index (χ0n) is 10.2. The number of nitrogens with one attached hydrogen (secondary N) is 2. The molecule has 1 rings (SSSR count). The highest BCUT2D eigenvalue weighted by Crippen LogP contribution is 1.97. The maximum Gasteiger partial charge on any atom is 0.312 e. The van der Waals surface area contributed by atoms with E-state index in [0.29, 0.717) is 26.2 Å². The molecule has 2 N–H and O–H groups in total. The van der Waals surface area contributed by atoms with Crippen molar-refractivity contribution in [1.29, 1.82) is 0 Å². The predicted molar refractivity (Wildman–Crippen MR) is 61.2 cm³/mol. The van der Waals surface area contributed by atoms with E-state index in [0.717, 1.165) is 4.90 Å². The molecular weight excluding hydrogens is 224 g/mol. The van der Waals surface area contributed by atoms with E-state index in [9.17, 15) is 14.4 Å². The second-order valence-corrected chi connectivity index (χ2v) is 3.88. The lowest BCUT2D eigenvalue weighted by Gasteiger charge is -2.28. The Bertz CT molecular complexity index is 313. The molecule has 0 aromatic rings. The normalized spacial score (nSPS) is 15.3. The Labute approximate surface area is 100 Å². The summed E-state index contributed by atoms with van der Waals surface area (Å²) in [5.41, 5.74) is 0. The van der Waals surface area contributed by atoms with Crippen LogP contribution in [0.2, 0.25) is 0 Å². The third-order valence-corrected chi connectivity index (χ3v) is 2.59. The third-order valence-electron chi connectivity index (χ3n) is 2.59. The van der Waals surface area contributed by atoms with E-state index in [1.165, 1.54) is 19.0 Å². The first-order valence-corrected chi connectivity index (χ1v) is 5.52. The van der Waals surface area contributed by atoms with Crippen molar-refractivity contribution in [1.82, 2.24) is 20.4 Å². The molecule has 17 heavy (non-hydrogen) atoms. The molecule has 0 saturated carbocycles. The second kappa shape index (κ2) is 6.19. The van der Waals surface area contributed by atoms with Gasteiger partial charge in [0.05, 0.1) is 6.54 Å². The van der Waals surface area contributed by atoms with Crippen molar-refractivity contribution in [2.24, 2.45) is 0 Å². The number of carbonyl (C=O) groups excluding carboxylic acids is 3. The van der Waals surface area contributed by atoms with Crippen LogP contribution in [0.25, 0.3) is 0 Å². The lowest BCUT2D eigenvalue weighted by molar-refractivity contribution is -0.152. The van der Waals surface area contributed by atoms with Gasteiger partial charge in [-0.15, -0.1) is 0 Å². The first-order valence-electron chi connectivity index (χ1n) is 5.52. The Balaban J connectivity index is 2.50. The summed E-state index contributed by atoms with van der Waals surface area (Å²) in [5.74, 6) is -1.48. The van der Waals surface area contributed by atoms with Crippen molar-refractivity contribution in [3.8, 4) is 0 Å². The molecule has 1 aliphatic heterocycles. The SMILES string of the molecule is CNC(=O)CN(C)C(=O)C(=O)N1CCNCC1. The van der Waals surface area contributed by atoms with Crippen LogP contribution in [0.4, 0.5) is 0 Å². The van der Waals surface area contributed by atoms with Crippen molar-refractivity contribution >= 4 is 17.7 Å². The summed E-state index contributed by atoms with van der Waals surface area (Å²) in [6, 6.07) is 0. The topological polar surface area (TPSA) is 81.8 Å². The first-order chi connectivity index (χ1) is 8.06. The van der Waals surface area contributed by atoms with Gasteiger partial charge in [-0.1, -0.05) is 0 Å². The minimum atomic E-state index is -0.643. The smallest absolute Gasteiger partial charge is 0.312 e. The van der Waals surface area contributed by atoms with Crippen LogP contribution in [0.3, 0.4) is 0 Å². The number of nitrogens with zero attached hydrogens (tertiary/aromatic N) is 2. The van der Waals surface area contributed by atoms with Gasteiger partial charge in [-0.3, -0.25) is 14.4 Å². The van der Waals surface area contributed by atoms with Gasteiger partial charge in [-0.05, 0) is 0 Å². The molecule has 1 saturated heterocycles. The van der Waals surface area contributed by atoms with E-state index in [1.54, 1.807) is 0 Å². The quantitative estimate of drug-likeness (QED) is 0.530. The van der Waals surface area contributed by atoms with Gasteiger partial charge in [-0.25, -0.2) is 0 Å². The molecule has 1 heterocycles. The molecule has 0 atom stereocenters. The van der Waals surface area contributed by atoms with Crippen LogP contribution in [0.15, 0.2) is 0 Å². The van der Waals surface area contributed by atoms with Crippen LogP contribution in [-0.2, 0) is 14.4 Å². The zero-order valence-corrected chi connectivity index (χ0v) is 10.2. The van der Waals surface area contributed by atoms with Crippen molar-refractivity contribution in [2.45, 2.75) is 0 Å². The van der Waals surface area contributed by atoms with Gasteiger partial charge in [0.25, 0.3) is 0 Å². The average molecular weight is 242 g/mol.